The maximum Gasteiger partial charge on any atom is 0.339 e. The van der Waals surface area contributed by atoms with E-state index in [1.807, 2.05) is 22.8 Å². The summed E-state index contributed by atoms with van der Waals surface area (Å²) in [6, 6.07) is 15.3. The summed E-state index contributed by atoms with van der Waals surface area (Å²) in [6.07, 6.45) is 2.37. The Balaban J connectivity index is 1.77. The molecule has 37 heavy (non-hydrogen) atoms. The summed E-state index contributed by atoms with van der Waals surface area (Å²) in [5.74, 6) is -0.128. The number of para-hydroxylation sites is 1. The molecule has 2 amide bonds. The van der Waals surface area contributed by atoms with Gasteiger partial charge in [0.15, 0.2) is 11.0 Å². The van der Waals surface area contributed by atoms with Crippen molar-refractivity contribution in [3.8, 4) is 0 Å². The molecule has 9 nitrogen and oxygen atoms in total. The van der Waals surface area contributed by atoms with E-state index in [1.165, 1.54) is 18.9 Å². The van der Waals surface area contributed by atoms with E-state index >= 15 is 0 Å². The molecule has 194 valence electrons. The first-order valence-corrected chi connectivity index (χ1v) is 12.8. The Morgan fingerprint density at radius 1 is 1.08 bits per heavy atom. The van der Waals surface area contributed by atoms with Crippen LogP contribution in [0.3, 0.4) is 0 Å². The zero-order chi connectivity index (χ0) is 26.8. The Bertz CT molecular complexity index is 1240. The minimum Gasteiger partial charge on any atom is -0.465 e. The number of carbonyl (C=O) groups excluding carboxylic acids is 3. The van der Waals surface area contributed by atoms with Crippen LogP contribution in [0.4, 0.5) is 5.69 Å². The molecule has 0 saturated carbocycles. The van der Waals surface area contributed by atoms with E-state index in [9.17, 15) is 14.4 Å². The predicted octanol–water partition coefficient (Wildman–Crippen LogP) is 4.50. The van der Waals surface area contributed by atoms with E-state index in [-0.39, 0.29) is 35.1 Å². The molecule has 0 aliphatic rings. The molecule has 2 N–H and O–H groups in total. The molecule has 1 aromatic heterocycles. The van der Waals surface area contributed by atoms with Gasteiger partial charge in [0.25, 0.3) is 5.91 Å². The number of hydrogen-bond donors (Lipinski definition) is 2. The summed E-state index contributed by atoms with van der Waals surface area (Å²) in [7, 11) is 1.29. The third-order valence-corrected chi connectivity index (χ3v) is 6.32. The number of ether oxygens (including phenoxy) is 1. The Hall–Kier alpha value is -3.92. The summed E-state index contributed by atoms with van der Waals surface area (Å²) in [5, 5.41) is 15.0. The average molecular weight is 522 g/mol. The fraction of sp³-hybridized carbons (Fsp3) is 0.296. The van der Waals surface area contributed by atoms with E-state index in [1.54, 1.807) is 42.5 Å². The average Bonchev–Trinajstić information content (AvgIpc) is 3.29. The molecular formula is C27H31N5O4S. The Morgan fingerprint density at radius 2 is 1.78 bits per heavy atom. The van der Waals surface area contributed by atoms with Gasteiger partial charge in [-0.05, 0) is 36.6 Å². The molecule has 0 fully saturated rings. The molecule has 1 heterocycles. The van der Waals surface area contributed by atoms with Crippen molar-refractivity contribution >= 4 is 35.2 Å². The number of nitrogens with zero attached hydrogens (tertiary/aromatic N) is 3. The summed E-state index contributed by atoms with van der Waals surface area (Å²) < 4.78 is 6.64. The molecular weight excluding hydrogens is 490 g/mol. The minimum atomic E-state index is -0.535. The number of methoxy groups -OCH3 is 1. The summed E-state index contributed by atoms with van der Waals surface area (Å²) >= 11 is 1.21. The first-order valence-electron chi connectivity index (χ1n) is 11.8. The number of amides is 2. The molecule has 0 spiro atoms. The van der Waals surface area contributed by atoms with Crippen LogP contribution in [0.2, 0.25) is 0 Å². The predicted molar refractivity (Wildman–Crippen MR) is 143 cm³/mol. The van der Waals surface area contributed by atoms with Crippen molar-refractivity contribution in [2.24, 2.45) is 5.92 Å². The lowest BCUT2D eigenvalue weighted by Gasteiger charge is -2.21. The zero-order valence-electron chi connectivity index (χ0n) is 21.1. The van der Waals surface area contributed by atoms with E-state index in [0.717, 1.165) is 0 Å². The van der Waals surface area contributed by atoms with Crippen LogP contribution >= 0.6 is 11.8 Å². The van der Waals surface area contributed by atoms with Gasteiger partial charge in [-0.2, -0.15) is 0 Å². The van der Waals surface area contributed by atoms with Gasteiger partial charge >= 0.3 is 5.97 Å². The van der Waals surface area contributed by atoms with Gasteiger partial charge in [0.2, 0.25) is 5.91 Å². The van der Waals surface area contributed by atoms with Crippen molar-refractivity contribution in [3.05, 3.63) is 84.2 Å². The standard InChI is InChI=1S/C27H31N5O4S/c1-5-15-32-24(22(16-18(2)3)29-25(34)19-11-7-6-8-12-19)30-31-27(32)37-17-23(33)28-21-14-10-9-13-20(21)26(35)36-4/h5-14,18,22H,1,15-17H2,2-4H3,(H,28,33)(H,29,34). The highest BCUT2D eigenvalue weighted by atomic mass is 32.2. The van der Waals surface area contributed by atoms with Crippen molar-refractivity contribution in [1.82, 2.24) is 20.1 Å². The van der Waals surface area contributed by atoms with Gasteiger partial charge in [0, 0.05) is 12.1 Å². The van der Waals surface area contributed by atoms with Crippen LogP contribution in [0.1, 0.15) is 52.9 Å². The second kappa shape index (κ2) is 13.4. The second-order valence-electron chi connectivity index (χ2n) is 8.64. The van der Waals surface area contributed by atoms with Crippen LogP contribution in [-0.4, -0.2) is 45.4 Å². The van der Waals surface area contributed by atoms with Crippen LogP contribution in [0.15, 0.2) is 72.4 Å². The minimum absolute atomic E-state index is 0.0377. The van der Waals surface area contributed by atoms with Gasteiger partial charge in [0.1, 0.15) is 0 Å². The third kappa shape index (κ3) is 7.53. The summed E-state index contributed by atoms with van der Waals surface area (Å²) in [4.78, 5) is 37.6. The molecule has 10 heteroatoms. The van der Waals surface area contributed by atoms with Crippen LogP contribution < -0.4 is 10.6 Å². The SMILES string of the molecule is C=CCn1c(SCC(=O)Nc2ccccc2C(=O)OC)nnc1C(CC(C)C)NC(=O)c1ccccc1. The monoisotopic (exact) mass is 521 g/mol. The number of allylic oxidation sites excluding steroid dienone is 1. The van der Waals surface area contributed by atoms with E-state index in [0.29, 0.717) is 35.2 Å². The number of hydrogen-bond acceptors (Lipinski definition) is 7. The number of esters is 1. The highest BCUT2D eigenvalue weighted by Crippen LogP contribution is 2.26. The number of aromatic nitrogens is 3. The lowest BCUT2D eigenvalue weighted by atomic mass is 10.0. The third-order valence-electron chi connectivity index (χ3n) is 5.36. The molecule has 0 bridgehead atoms. The van der Waals surface area contributed by atoms with Crippen molar-refractivity contribution in [3.63, 3.8) is 0 Å². The fourth-order valence-corrected chi connectivity index (χ4v) is 4.45. The molecule has 0 aliphatic carbocycles. The second-order valence-corrected chi connectivity index (χ2v) is 9.58. The molecule has 0 saturated heterocycles. The van der Waals surface area contributed by atoms with Crippen LogP contribution in [0, 0.1) is 5.92 Å². The number of carbonyl (C=O) groups is 3. The maximum absolute atomic E-state index is 12.9. The number of rotatable bonds is 12. The van der Waals surface area contributed by atoms with Gasteiger partial charge in [-0.1, -0.05) is 62.0 Å². The Kier molecular flexibility index (Phi) is 10.0. The Morgan fingerprint density at radius 3 is 2.46 bits per heavy atom. The number of benzene rings is 2. The van der Waals surface area contributed by atoms with E-state index < -0.39 is 5.97 Å². The molecule has 0 aliphatic heterocycles. The van der Waals surface area contributed by atoms with Gasteiger partial charge < -0.3 is 19.9 Å². The summed E-state index contributed by atoms with van der Waals surface area (Å²) in [6.45, 7) is 8.39. The molecule has 2 aromatic carbocycles. The lowest BCUT2D eigenvalue weighted by molar-refractivity contribution is -0.113. The van der Waals surface area contributed by atoms with Crippen molar-refractivity contribution in [2.45, 2.75) is 38.0 Å². The molecule has 3 rings (SSSR count). The first kappa shape index (κ1) is 27.7. The van der Waals surface area contributed by atoms with Gasteiger partial charge in [-0.15, -0.1) is 16.8 Å². The smallest absolute Gasteiger partial charge is 0.339 e. The van der Waals surface area contributed by atoms with Gasteiger partial charge in [-0.25, -0.2) is 4.79 Å². The zero-order valence-corrected chi connectivity index (χ0v) is 22.0. The topological polar surface area (TPSA) is 115 Å². The first-order chi connectivity index (χ1) is 17.8. The van der Waals surface area contributed by atoms with Crippen LogP contribution in [0.5, 0.6) is 0 Å². The van der Waals surface area contributed by atoms with Crippen molar-refractivity contribution in [2.75, 3.05) is 18.2 Å². The number of nitrogens with one attached hydrogen (secondary N) is 2. The highest BCUT2D eigenvalue weighted by molar-refractivity contribution is 7.99. The van der Waals surface area contributed by atoms with Gasteiger partial charge in [0.05, 0.1) is 30.2 Å². The molecule has 3 aromatic rings. The van der Waals surface area contributed by atoms with Crippen molar-refractivity contribution < 1.29 is 19.1 Å². The quantitative estimate of drug-likeness (QED) is 0.205. The van der Waals surface area contributed by atoms with E-state index in [4.69, 9.17) is 4.74 Å². The molecule has 0 radical (unpaired) electrons. The number of anilines is 1. The van der Waals surface area contributed by atoms with Crippen LogP contribution in [-0.2, 0) is 16.1 Å². The largest absolute Gasteiger partial charge is 0.465 e. The van der Waals surface area contributed by atoms with Crippen molar-refractivity contribution in [1.29, 1.82) is 0 Å². The Labute approximate surface area is 220 Å². The number of thioether (sulfide) groups is 1. The molecule has 1 atom stereocenters. The maximum atomic E-state index is 12.9. The van der Waals surface area contributed by atoms with Crippen LogP contribution in [0.25, 0.3) is 0 Å². The lowest BCUT2D eigenvalue weighted by Crippen LogP contribution is -2.31. The van der Waals surface area contributed by atoms with E-state index in [2.05, 4.69) is 41.3 Å². The van der Waals surface area contributed by atoms with Gasteiger partial charge in [-0.3, -0.25) is 9.59 Å². The summed E-state index contributed by atoms with van der Waals surface area (Å²) in [5.41, 5.74) is 1.20. The fourth-order valence-electron chi connectivity index (χ4n) is 3.69. The molecule has 1 unspecified atom stereocenters. The normalized spacial score (nSPS) is 11.6. The highest BCUT2D eigenvalue weighted by Gasteiger charge is 2.25.